The normalized spacial score (nSPS) is 22.6. The summed E-state index contributed by atoms with van der Waals surface area (Å²) in [6.07, 6.45) is 0.963. The van der Waals surface area contributed by atoms with Gasteiger partial charge in [0.1, 0.15) is 24.8 Å². The van der Waals surface area contributed by atoms with Gasteiger partial charge in [0.15, 0.2) is 0 Å². The van der Waals surface area contributed by atoms with E-state index in [-0.39, 0.29) is 17.5 Å². The van der Waals surface area contributed by atoms with Gasteiger partial charge in [0.25, 0.3) is 0 Å². The van der Waals surface area contributed by atoms with Gasteiger partial charge in [-0.3, -0.25) is 0 Å². The lowest BCUT2D eigenvalue weighted by atomic mass is 10.1. The molecule has 0 aliphatic heterocycles. The van der Waals surface area contributed by atoms with Crippen LogP contribution in [0.5, 0.6) is 5.75 Å². The summed E-state index contributed by atoms with van der Waals surface area (Å²) >= 11 is 5.76. The van der Waals surface area contributed by atoms with E-state index < -0.39 is 12.5 Å². The molecule has 17 heavy (non-hydrogen) atoms. The molecule has 5 heteroatoms. The number of hydrogen-bond acceptors (Lipinski definition) is 2. The van der Waals surface area contributed by atoms with Crippen molar-refractivity contribution < 1.29 is 13.5 Å². The molecule has 2 atom stereocenters. The number of nitrogens with one attached hydrogen (secondary N) is 1. The largest absolute Gasteiger partial charge is 0.490 e. The molecule has 1 aliphatic carbocycles. The molecule has 0 radical (unpaired) electrons. The van der Waals surface area contributed by atoms with Crippen LogP contribution in [0.1, 0.15) is 17.9 Å². The Morgan fingerprint density at radius 1 is 1.53 bits per heavy atom. The number of halogens is 3. The van der Waals surface area contributed by atoms with Crippen LogP contribution in [0.4, 0.5) is 8.78 Å². The van der Waals surface area contributed by atoms with Crippen molar-refractivity contribution in [2.75, 3.05) is 20.3 Å². The van der Waals surface area contributed by atoms with Crippen LogP contribution in [-0.2, 0) is 0 Å². The van der Waals surface area contributed by atoms with Crippen molar-refractivity contribution in [1.29, 1.82) is 0 Å². The molecule has 1 saturated carbocycles. The third kappa shape index (κ3) is 2.69. The van der Waals surface area contributed by atoms with Crippen LogP contribution in [0.25, 0.3) is 0 Å². The highest BCUT2D eigenvalue weighted by Gasteiger charge is 2.39. The van der Waals surface area contributed by atoms with E-state index in [1.165, 1.54) is 6.07 Å². The van der Waals surface area contributed by atoms with E-state index in [0.29, 0.717) is 11.8 Å². The molecule has 2 unspecified atom stereocenters. The summed E-state index contributed by atoms with van der Waals surface area (Å²) in [5, 5.41) is 3.22. The molecule has 0 amide bonds. The van der Waals surface area contributed by atoms with Gasteiger partial charge in [-0.15, -0.1) is 0 Å². The average Bonchev–Trinajstić information content (AvgIpc) is 3.09. The van der Waals surface area contributed by atoms with Gasteiger partial charge in [0, 0.05) is 23.6 Å². The van der Waals surface area contributed by atoms with Crippen LogP contribution < -0.4 is 10.1 Å². The number of alkyl halides is 1. The van der Waals surface area contributed by atoms with E-state index in [1.54, 1.807) is 6.07 Å². The Bertz CT molecular complexity index is 414. The second-order valence-electron chi connectivity index (χ2n) is 4.08. The van der Waals surface area contributed by atoms with Crippen molar-refractivity contribution in [2.45, 2.75) is 18.4 Å². The molecule has 2 rings (SSSR count). The first kappa shape index (κ1) is 12.6. The smallest absolute Gasteiger partial charge is 0.145 e. The molecule has 1 N–H and O–H groups in total. The van der Waals surface area contributed by atoms with Gasteiger partial charge in [-0.05, 0) is 19.5 Å². The maximum absolute atomic E-state index is 13.3. The van der Waals surface area contributed by atoms with E-state index in [0.717, 1.165) is 12.0 Å². The zero-order chi connectivity index (χ0) is 12.4. The summed E-state index contributed by atoms with van der Waals surface area (Å²) in [5.74, 6) is 0.131. The van der Waals surface area contributed by atoms with Gasteiger partial charge in [-0.25, -0.2) is 8.78 Å². The Morgan fingerprint density at radius 2 is 2.29 bits per heavy atom. The summed E-state index contributed by atoms with van der Waals surface area (Å²) in [7, 11) is 1.87. The first-order valence-corrected chi connectivity index (χ1v) is 5.90. The molecular formula is C12H14ClF2NO. The van der Waals surface area contributed by atoms with E-state index in [2.05, 4.69) is 5.32 Å². The zero-order valence-electron chi connectivity index (χ0n) is 9.47. The first-order valence-electron chi connectivity index (χ1n) is 5.52. The predicted molar refractivity (Wildman–Crippen MR) is 63.1 cm³/mol. The van der Waals surface area contributed by atoms with Crippen LogP contribution in [0.2, 0.25) is 5.02 Å². The lowest BCUT2D eigenvalue weighted by Crippen LogP contribution is -2.11. The number of benzene rings is 1. The fraction of sp³-hybridized carbons (Fsp3) is 0.500. The van der Waals surface area contributed by atoms with Gasteiger partial charge < -0.3 is 10.1 Å². The van der Waals surface area contributed by atoms with E-state index in [4.69, 9.17) is 16.3 Å². The number of hydrogen-bond donors (Lipinski definition) is 1. The topological polar surface area (TPSA) is 21.3 Å². The molecule has 1 aromatic carbocycles. The van der Waals surface area contributed by atoms with Gasteiger partial charge in [-0.2, -0.15) is 0 Å². The van der Waals surface area contributed by atoms with Gasteiger partial charge in [0.2, 0.25) is 0 Å². The van der Waals surface area contributed by atoms with Crippen molar-refractivity contribution in [3.63, 3.8) is 0 Å². The second-order valence-corrected chi connectivity index (χ2v) is 4.49. The number of rotatable bonds is 5. The number of likely N-dealkylation sites (N-methyl/N-ethyl adjacent to an activating group) is 1. The molecular weight excluding hydrogens is 248 g/mol. The zero-order valence-corrected chi connectivity index (χ0v) is 10.2. The summed E-state index contributed by atoms with van der Waals surface area (Å²) < 4.78 is 30.6. The lowest BCUT2D eigenvalue weighted by molar-refractivity contribution is 0.270. The molecule has 0 bridgehead atoms. The van der Waals surface area contributed by atoms with Gasteiger partial charge in [0.05, 0.1) is 5.02 Å². The van der Waals surface area contributed by atoms with E-state index in [9.17, 15) is 8.78 Å². The molecule has 0 aromatic heterocycles. The maximum atomic E-state index is 13.3. The van der Waals surface area contributed by atoms with Crippen molar-refractivity contribution in [3.8, 4) is 5.75 Å². The molecule has 2 nitrogen and oxygen atoms in total. The van der Waals surface area contributed by atoms with E-state index >= 15 is 0 Å². The van der Waals surface area contributed by atoms with E-state index in [1.807, 2.05) is 7.05 Å². The summed E-state index contributed by atoms with van der Waals surface area (Å²) in [6, 6.07) is 3.18. The Hall–Kier alpha value is -0.870. The molecule has 94 valence electrons. The second kappa shape index (κ2) is 5.19. The van der Waals surface area contributed by atoms with Crippen molar-refractivity contribution in [1.82, 2.24) is 5.32 Å². The third-order valence-corrected chi connectivity index (χ3v) is 3.24. The fourth-order valence-electron chi connectivity index (χ4n) is 1.97. The quantitative estimate of drug-likeness (QED) is 0.880. The van der Waals surface area contributed by atoms with Crippen LogP contribution >= 0.6 is 11.6 Å². The molecule has 0 heterocycles. The third-order valence-electron chi connectivity index (χ3n) is 2.95. The highest BCUT2D eigenvalue weighted by Crippen LogP contribution is 2.45. The van der Waals surface area contributed by atoms with Crippen molar-refractivity contribution >= 4 is 11.6 Å². The summed E-state index contributed by atoms with van der Waals surface area (Å²) in [6.45, 7) is -0.658. The SMILES string of the molecule is CNC1CC1c1cc(Cl)c(F)cc1OCCF. The molecule has 1 aromatic rings. The minimum Gasteiger partial charge on any atom is -0.490 e. The van der Waals surface area contributed by atoms with Crippen molar-refractivity contribution in [3.05, 3.63) is 28.5 Å². The Morgan fingerprint density at radius 3 is 2.88 bits per heavy atom. The Labute approximate surface area is 104 Å². The van der Waals surface area contributed by atoms with Gasteiger partial charge >= 0.3 is 0 Å². The molecule has 0 saturated heterocycles. The van der Waals surface area contributed by atoms with Crippen LogP contribution in [-0.4, -0.2) is 26.4 Å². The standard InChI is InChI=1S/C12H14ClF2NO/c1-16-11-5-7(11)8-4-9(13)10(15)6-12(8)17-3-2-14/h4,6-7,11,16H,2-3,5H2,1H3. The Balaban J connectivity index is 2.25. The van der Waals surface area contributed by atoms with Gasteiger partial charge in [-0.1, -0.05) is 11.6 Å². The van der Waals surface area contributed by atoms with Crippen molar-refractivity contribution in [2.24, 2.45) is 0 Å². The summed E-state index contributed by atoms with van der Waals surface area (Å²) in [4.78, 5) is 0. The molecule has 1 aliphatic rings. The van der Waals surface area contributed by atoms with Crippen LogP contribution in [0, 0.1) is 5.82 Å². The molecule has 1 fully saturated rings. The predicted octanol–water partition coefficient (Wildman–Crippen LogP) is 2.90. The Kier molecular flexibility index (Phi) is 3.84. The maximum Gasteiger partial charge on any atom is 0.145 e. The fourth-order valence-corrected chi connectivity index (χ4v) is 2.14. The highest BCUT2D eigenvalue weighted by atomic mass is 35.5. The molecule has 0 spiro atoms. The first-order chi connectivity index (χ1) is 8.17. The van der Waals surface area contributed by atoms with Crippen LogP contribution in [0.3, 0.4) is 0 Å². The minimum atomic E-state index is -0.593. The minimum absolute atomic E-state index is 0.0645. The lowest BCUT2D eigenvalue weighted by Gasteiger charge is -2.11. The number of ether oxygens (including phenoxy) is 1. The summed E-state index contributed by atoms with van der Waals surface area (Å²) in [5.41, 5.74) is 0.851. The highest BCUT2D eigenvalue weighted by molar-refractivity contribution is 6.30. The van der Waals surface area contributed by atoms with Crippen LogP contribution in [0.15, 0.2) is 12.1 Å². The monoisotopic (exact) mass is 261 g/mol. The average molecular weight is 262 g/mol.